The van der Waals surface area contributed by atoms with Crippen LogP contribution in [0.1, 0.15) is 87.1 Å². The summed E-state index contributed by atoms with van der Waals surface area (Å²) in [5, 5.41) is 21.8. The van der Waals surface area contributed by atoms with Gasteiger partial charge in [0.05, 0.1) is 12.2 Å². The number of cyclic esters (lactones) is 2. The first-order valence-electron chi connectivity index (χ1n) is 18.1. The minimum atomic E-state index is -0.874. The number of allylic oxidation sites excluding steroid dienone is 6. The molecule has 2 aromatic heterocycles. The van der Waals surface area contributed by atoms with E-state index in [2.05, 4.69) is 9.97 Å². The molecule has 0 unspecified atom stereocenters. The number of rotatable bonds is 6. The Morgan fingerprint density at radius 2 is 1.04 bits per heavy atom. The number of fused-ring (bicyclic) bond motifs is 6. The maximum atomic E-state index is 13.2. The fraction of sp³-hybridized carbons (Fsp3) is 0.429. The molecule has 0 aromatic carbocycles. The Labute approximate surface area is 315 Å². The molecular weight excluding hydrogens is 692 g/mol. The minimum Gasteiger partial charge on any atom is -0.457 e. The molecule has 12 heteroatoms. The lowest BCUT2D eigenvalue weighted by Gasteiger charge is -2.36. The highest BCUT2D eigenvalue weighted by atomic mass is 16.6. The first-order chi connectivity index (χ1) is 25.8. The average molecular weight is 743 g/mol. The molecule has 4 bridgehead atoms. The van der Waals surface area contributed by atoms with Crippen LogP contribution in [0.15, 0.2) is 106 Å². The van der Waals surface area contributed by atoms with Gasteiger partial charge >= 0.3 is 11.9 Å². The van der Waals surface area contributed by atoms with Gasteiger partial charge in [0.1, 0.15) is 49.2 Å². The third-order valence-electron chi connectivity index (χ3n) is 9.67. The minimum absolute atomic E-state index is 0.00877. The van der Waals surface area contributed by atoms with E-state index >= 15 is 0 Å². The van der Waals surface area contributed by atoms with E-state index < -0.39 is 47.2 Å². The number of aliphatic hydroxyl groups is 2. The highest BCUT2D eigenvalue weighted by Gasteiger charge is 2.40. The van der Waals surface area contributed by atoms with Crippen LogP contribution in [0.25, 0.3) is 12.2 Å². The summed E-state index contributed by atoms with van der Waals surface area (Å²) >= 11 is 0. The zero-order valence-electron chi connectivity index (χ0n) is 31.5. The maximum absolute atomic E-state index is 13.2. The van der Waals surface area contributed by atoms with Gasteiger partial charge in [-0.25, -0.2) is 19.6 Å². The summed E-state index contributed by atoms with van der Waals surface area (Å²) in [6.45, 7) is 11.0. The second-order valence-corrected chi connectivity index (χ2v) is 14.5. The summed E-state index contributed by atoms with van der Waals surface area (Å²) in [4.78, 5) is 35.0. The fourth-order valence-corrected chi connectivity index (χ4v) is 5.73. The Morgan fingerprint density at radius 3 is 1.43 bits per heavy atom. The van der Waals surface area contributed by atoms with Crippen LogP contribution in [0.3, 0.4) is 0 Å². The Hall–Kier alpha value is -4.88. The van der Waals surface area contributed by atoms with Crippen LogP contribution in [0.5, 0.6) is 0 Å². The number of esters is 2. The molecule has 2 N–H and O–H groups in total. The highest BCUT2D eigenvalue weighted by molar-refractivity contribution is 5.87. The zero-order chi connectivity index (χ0) is 38.9. The molecule has 5 rings (SSSR count). The standard InChI is InChI=1S/C42H50N2O10/c1-7-15-33(45)41(3,4)35-21-13-19-31-29(51-31)17-9-12-24-38-44-28(26-50-38)40(48)54-36(42(5,6)34(46)16-8-2)22-14-20-32-30(52-32)18-10-11-23-37-43-27(25-49-37)39(47)53-35/h7-20,23-26,29-36,45-46H,21-22H2,1-6H3/b15-7+,16-8+,17-9+,18-10+,19-13-,20-14-,23-11-,24-12-/t29-,30-,31+,32+,33-,34-,35-,36-/m0/s1. The van der Waals surface area contributed by atoms with E-state index in [1.807, 2.05) is 78.0 Å². The number of hydrogen-bond acceptors (Lipinski definition) is 12. The number of aliphatic hydroxyl groups excluding tert-OH is 2. The van der Waals surface area contributed by atoms with Crippen molar-refractivity contribution in [1.82, 2.24) is 9.97 Å². The van der Waals surface area contributed by atoms with Crippen LogP contribution < -0.4 is 0 Å². The molecule has 0 saturated carbocycles. The number of aromatic nitrogens is 2. The molecule has 5 heterocycles. The van der Waals surface area contributed by atoms with Crippen molar-refractivity contribution in [3.63, 3.8) is 0 Å². The average Bonchev–Trinajstić information content (AvgIpc) is 3.93. The first kappa shape index (κ1) is 40.3. The van der Waals surface area contributed by atoms with E-state index in [0.29, 0.717) is 12.8 Å². The summed E-state index contributed by atoms with van der Waals surface area (Å²) in [5.74, 6) is -0.902. The quantitative estimate of drug-likeness (QED) is 0.178. The summed E-state index contributed by atoms with van der Waals surface area (Å²) in [6.07, 6.45) is 27.7. The van der Waals surface area contributed by atoms with Gasteiger partial charge < -0.3 is 38.0 Å². The summed E-state index contributed by atoms with van der Waals surface area (Å²) < 4.78 is 34.3. The molecule has 2 aromatic rings. The van der Waals surface area contributed by atoms with Crippen molar-refractivity contribution < 1.29 is 47.6 Å². The molecular formula is C42H50N2O10. The Morgan fingerprint density at radius 1 is 0.648 bits per heavy atom. The predicted octanol–water partition coefficient (Wildman–Crippen LogP) is 6.92. The van der Waals surface area contributed by atoms with Gasteiger partial charge in [0.25, 0.3) is 0 Å². The summed E-state index contributed by atoms with van der Waals surface area (Å²) in [6, 6.07) is 0. The lowest BCUT2D eigenvalue weighted by molar-refractivity contribution is -0.0461. The van der Waals surface area contributed by atoms with E-state index in [-0.39, 0.29) is 47.6 Å². The van der Waals surface area contributed by atoms with E-state index in [1.165, 1.54) is 12.5 Å². The van der Waals surface area contributed by atoms with Crippen LogP contribution >= 0.6 is 0 Å². The number of oxazole rings is 2. The zero-order valence-corrected chi connectivity index (χ0v) is 31.5. The third kappa shape index (κ3) is 10.6. The number of epoxide rings is 2. The number of carbonyl (C=O) groups excluding carboxylic acids is 2. The van der Waals surface area contributed by atoms with Crippen LogP contribution in [0, 0.1) is 10.8 Å². The molecule has 0 aliphatic carbocycles. The van der Waals surface area contributed by atoms with Crippen molar-refractivity contribution in [2.24, 2.45) is 10.8 Å². The van der Waals surface area contributed by atoms with Crippen molar-refractivity contribution in [1.29, 1.82) is 0 Å². The molecule has 54 heavy (non-hydrogen) atoms. The second-order valence-electron chi connectivity index (χ2n) is 14.5. The SMILES string of the molecule is C/C=C/[C@H](O)C(C)(C)[C@@H]1C/C=C\[C@H]2O[C@H]2/C=C/C=C\c2nc(co2)C(=O)O[C@H](C(C)(C)[C@@H](O)/C=C/C)C/C=C\[C@H]2O[C@H]2/C=C/C=C\c2nc(co2)C(=O)O1. The molecule has 0 radical (unpaired) electrons. The van der Waals surface area contributed by atoms with E-state index in [1.54, 1.807) is 60.8 Å². The van der Waals surface area contributed by atoms with Gasteiger partial charge in [-0.15, -0.1) is 0 Å². The molecule has 8 atom stereocenters. The monoisotopic (exact) mass is 742 g/mol. The molecule has 3 aliphatic rings. The molecule has 2 fully saturated rings. The Balaban J connectivity index is 1.35. The van der Waals surface area contributed by atoms with Crippen LogP contribution in [0.2, 0.25) is 0 Å². The van der Waals surface area contributed by atoms with E-state index in [4.69, 9.17) is 27.8 Å². The smallest absolute Gasteiger partial charge is 0.360 e. The lowest BCUT2D eigenvalue weighted by atomic mass is 9.79. The normalized spacial score (nSPS) is 30.5. The van der Waals surface area contributed by atoms with Crippen LogP contribution in [-0.4, -0.2) is 81.0 Å². The molecule has 2 saturated heterocycles. The summed E-state index contributed by atoms with van der Waals surface area (Å²) in [5.41, 5.74) is -1.65. The predicted molar refractivity (Wildman–Crippen MR) is 202 cm³/mol. The van der Waals surface area contributed by atoms with Crippen molar-refractivity contribution in [3.8, 4) is 0 Å². The molecule has 12 nitrogen and oxygen atoms in total. The van der Waals surface area contributed by atoms with Crippen LogP contribution in [0.4, 0.5) is 0 Å². The van der Waals surface area contributed by atoms with Gasteiger partial charge in [0, 0.05) is 35.8 Å². The van der Waals surface area contributed by atoms with Crippen molar-refractivity contribution in [3.05, 3.63) is 121 Å². The number of hydrogen-bond donors (Lipinski definition) is 2. The fourth-order valence-electron chi connectivity index (χ4n) is 5.73. The van der Waals surface area contributed by atoms with Gasteiger partial charge in [-0.1, -0.05) is 113 Å². The number of carbonyl (C=O) groups is 2. The molecule has 0 amide bonds. The third-order valence-corrected chi connectivity index (χ3v) is 9.67. The lowest BCUT2D eigenvalue weighted by Crippen LogP contribution is -2.42. The maximum Gasteiger partial charge on any atom is 0.360 e. The largest absolute Gasteiger partial charge is 0.457 e. The first-order valence-corrected chi connectivity index (χ1v) is 18.1. The molecule has 0 spiro atoms. The van der Waals surface area contributed by atoms with Crippen molar-refractivity contribution >= 4 is 24.1 Å². The van der Waals surface area contributed by atoms with Gasteiger partial charge in [-0.2, -0.15) is 0 Å². The highest BCUT2D eigenvalue weighted by Crippen LogP contribution is 2.34. The van der Waals surface area contributed by atoms with E-state index in [0.717, 1.165) is 0 Å². The molecule has 3 aliphatic heterocycles. The van der Waals surface area contributed by atoms with Crippen molar-refractivity contribution in [2.45, 2.75) is 103 Å². The second kappa shape index (κ2) is 18.0. The topological polar surface area (TPSA) is 170 Å². The summed E-state index contributed by atoms with van der Waals surface area (Å²) in [7, 11) is 0. The Kier molecular flexibility index (Phi) is 13.4. The number of nitrogens with zero attached hydrogens (tertiary/aromatic N) is 2. The van der Waals surface area contributed by atoms with Gasteiger partial charge in [0.2, 0.25) is 11.8 Å². The number of ether oxygens (including phenoxy) is 4. The van der Waals surface area contributed by atoms with Gasteiger partial charge in [0.15, 0.2) is 11.4 Å². The van der Waals surface area contributed by atoms with Crippen LogP contribution in [-0.2, 0) is 18.9 Å². The van der Waals surface area contributed by atoms with Crippen molar-refractivity contribution in [2.75, 3.05) is 0 Å². The molecule has 288 valence electrons. The van der Waals surface area contributed by atoms with Gasteiger partial charge in [-0.05, 0) is 13.8 Å². The Bertz CT molecular complexity index is 1700. The van der Waals surface area contributed by atoms with Gasteiger partial charge in [-0.3, -0.25) is 0 Å². The van der Waals surface area contributed by atoms with E-state index in [9.17, 15) is 19.8 Å².